The van der Waals surface area contributed by atoms with Crippen molar-refractivity contribution in [2.75, 3.05) is 13.2 Å². The molecule has 0 atom stereocenters. The van der Waals surface area contributed by atoms with Crippen LogP contribution in [0.1, 0.15) is 20.8 Å². The average Bonchev–Trinajstić information content (AvgIpc) is 2.16. The smallest absolute Gasteiger partial charge is 0.165 e. The predicted octanol–water partition coefficient (Wildman–Crippen LogP) is 3.78. The van der Waals surface area contributed by atoms with Gasteiger partial charge in [0.05, 0.1) is 12.2 Å². The van der Waals surface area contributed by atoms with Crippen LogP contribution in [0.25, 0.3) is 0 Å². The Morgan fingerprint density at radius 2 is 1.94 bits per heavy atom. The van der Waals surface area contributed by atoms with Gasteiger partial charge in [-0.25, -0.2) is 4.39 Å². The van der Waals surface area contributed by atoms with Crippen LogP contribution >= 0.6 is 15.9 Å². The first-order valence-corrected chi connectivity index (χ1v) is 5.89. The summed E-state index contributed by atoms with van der Waals surface area (Å²) in [6.07, 6.45) is 0. The Morgan fingerprint density at radius 3 is 2.56 bits per heavy atom. The van der Waals surface area contributed by atoms with Crippen molar-refractivity contribution in [1.82, 2.24) is 0 Å². The second-order valence-corrected chi connectivity index (χ2v) is 5.30. The van der Waals surface area contributed by atoms with Crippen molar-refractivity contribution >= 4 is 15.9 Å². The van der Waals surface area contributed by atoms with Crippen molar-refractivity contribution in [3.05, 3.63) is 28.5 Å². The molecule has 0 heterocycles. The van der Waals surface area contributed by atoms with Gasteiger partial charge < -0.3 is 9.47 Å². The molecule has 0 radical (unpaired) electrons. The summed E-state index contributed by atoms with van der Waals surface area (Å²) in [7, 11) is 0. The van der Waals surface area contributed by atoms with Gasteiger partial charge in [-0.2, -0.15) is 0 Å². The third-order valence-corrected chi connectivity index (χ3v) is 2.26. The summed E-state index contributed by atoms with van der Waals surface area (Å²) in [4.78, 5) is 0. The normalized spacial score (nSPS) is 11.6. The first-order valence-electron chi connectivity index (χ1n) is 5.10. The fourth-order valence-corrected chi connectivity index (χ4v) is 1.43. The van der Waals surface area contributed by atoms with Crippen LogP contribution in [0.15, 0.2) is 22.7 Å². The monoisotopic (exact) mass is 290 g/mol. The molecule has 1 rings (SSSR count). The SMILES string of the molecule is CC(C)(C)OCCOc1cc(Br)ccc1F. The van der Waals surface area contributed by atoms with E-state index in [0.717, 1.165) is 4.47 Å². The molecular formula is C12H16BrFO2. The van der Waals surface area contributed by atoms with Crippen LogP contribution in [0.2, 0.25) is 0 Å². The molecule has 0 spiro atoms. The van der Waals surface area contributed by atoms with E-state index in [1.807, 2.05) is 20.8 Å². The molecule has 0 fully saturated rings. The molecule has 1 aromatic rings. The third-order valence-electron chi connectivity index (χ3n) is 1.77. The molecule has 90 valence electrons. The minimum atomic E-state index is -0.362. The molecule has 0 aliphatic carbocycles. The minimum Gasteiger partial charge on any atom is -0.488 e. The molecule has 1 aromatic carbocycles. The van der Waals surface area contributed by atoms with Gasteiger partial charge in [0.15, 0.2) is 11.6 Å². The fraction of sp³-hybridized carbons (Fsp3) is 0.500. The Morgan fingerprint density at radius 1 is 1.25 bits per heavy atom. The first-order chi connectivity index (χ1) is 7.38. The highest BCUT2D eigenvalue weighted by Gasteiger charge is 2.10. The van der Waals surface area contributed by atoms with Gasteiger partial charge in [-0.05, 0) is 39.0 Å². The topological polar surface area (TPSA) is 18.5 Å². The summed E-state index contributed by atoms with van der Waals surface area (Å²) in [5.41, 5.74) is -0.195. The van der Waals surface area contributed by atoms with E-state index in [4.69, 9.17) is 9.47 Å². The molecule has 0 aromatic heterocycles. The molecule has 2 nitrogen and oxygen atoms in total. The lowest BCUT2D eigenvalue weighted by Gasteiger charge is -2.19. The van der Waals surface area contributed by atoms with Crippen molar-refractivity contribution in [2.24, 2.45) is 0 Å². The fourth-order valence-electron chi connectivity index (χ4n) is 1.09. The van der Waals surface area contributed by atoms with E-state index in [1.165, 1.54) is 6.07 Å². The molecule has 0 unspecified atom stereocenters. The highest BCUT2D eigenvalue weighted by atomic mass is 79.9. The zero-order valence-electron chi connectivity index (χ0n) is 9.72. The summed E-state index contributed by atoms with van der Waals surface area (Å²) in [5, 5.41) is 0. The maximum atomic E-state index is 13.2. The second kappa shape index (κ2) is 5.64. The molecule has 16 heavy (non-hydrogen) atoms. The summed E-state index contributed by atoms with van der Waals surface area (Å²) in [5.74, 6) is -0.120. The maximum Gasteiger partial charge on any atom is 0.165 e. The van der Waals surface area contributed by atoms with Crippen LogP contribution in [0, 0.1) is 5.82 Å². The molecule has 0 bridgehead atoms. The number of rotatable bonds is 4. The number of ether oxygens (including phenoxy) is 2. The van der Waals surface area contributed by atoms with E-state index in [0.29, 0.717) is 13.2 Å². The summed E-state index contributed by atoms with van der Waals surface area (Å²) < 4.78 is 24.8. The van der Waals surface area contributed by atoms with Gasteiger partial charge in [-0.15, -0.1) is 0 Å². The van der Waals surface area contributed by atoms with Crippen LogP contribution in [-0.4, -0.2) is 18.8 Å². The Balaban J connectivity index is 2.40. The quantitative estimate of drug-likeness (QED) is 0.786. The zero-order valence-corrected chi connectivity index (χ0v) is 11.3. The predicted molar refractivity (Wildman–Crippen MR) is 65.3 cm³/mol. The molecule has 0 saturated heterocycles. The Labute approximate surface area is 104 Å². The lowest BCUT2D eigenvalue weighted by Crippen LogP contribution is -2.22. The zero-order chi connectivity index (χ0) is 12.2. The van der Waals surface area contributed by atoms with E-state index in [-0.39, 0.29) is 17.2 Å². The van der Waals surface area contributed by atoms with E-state index >= 15 is 0 Å². The lowest BCUT2D eigenvalue weighted by atomic mass is 10.2. The minimum absolute atomic E-state index is 0.195. The average molecular weight is 291 g/mol. The standard InChI is InChI=1S/C12H16BrFO2/c1-12(2,3)16-7-6-15-11-8-9(13)4-5-10(11)14/h4-5,8H,6-7H2,1-3H3. The van der Waals surface area contributed by atoms with Crippen molar-refractivity contribution < 1.29 is 13.9 Å². The van der Waals surface area contributed by atoms with E-state index in [2.05, 4.69) is 15.9 Å². The molecule has 0 aliphatic heterocycles. The van der Waals surface area contributed by atoms with Gasteiger partial charge in [-0.3, -0.25) is 0 Å². The summed E-state index contributed by atoms with van der Waals surface area (Å²) >= 11 is 3.26. The van der Waals surface area contributed by atoms with Gasteiger partial charge in [0.2, 0.25) is 0 Å². The van der Waals surface area contributed by atoms with Crippen molar-refractivity contribution in [3.63, 3.8) is 0 Å². The van der Waals surface area contributed by atoms with Crippen LogP contribution in [-0.2, 0) is 4.74 Å². The summed E-state index contributed by atoms with van der Waals surface area (Å²) in [6.45, 7) is 6.67. The van der Waals surface area contributed by atoms with Gasteiger partial charge in [0.1, 0.15) is 6.61 Å². The first kappa shape index (κ1) is 13.5. The summed E-state index contributed by atoms with van der Waals surface area (Å²) in [6, 6.07) is 4.60. The number of benzene rings is 1. The van der Waals surface area contributed by atoms with Crippen LogP contribution in [0.3, 0.4) is 0 Å². The van der Waals surface area contributed by atoms with E-state index in [1.54, 1.807) is 12.1 Å². The van der Waals surface area contributed by atoms with Crippen molar-refractivity contribution in [2.45, 2.75) is 26.4 Å². The molecular weight excluding hydrogens is 275 g/mol. The third kappa shape index (κ3) is 4.94. The van der Waals surface area contributed by atoms with Gasteiger partial charge >= 0.3 is 0 Å². The highest BCUT2D eigenvalue weighted by molar-refractivity contribution is 9.10. The van der Waals surface area contributed by atoms with Crippen molar-refractivity contribution in [1.29, 1.82) is 0 Å². The van der Waals surface area contributed by atoms with Gasteiger partial charge in [-0.1, -0.05) is 15.9 Å². The Bertz CT molecular complexity index is 347. The highest BCUT2D eigenvalue weighted by Crippen LogP contribution is 2.22. The van der Waals surface area contributed by atoms with E-state index in [9.17, 15) is 4.39 Å². The van der Waals surface area contributed by atoms with Gasteiger partial charge in [0, 0.05) is 4.47 Å². The van der Waals surface area contributed by atoms with E-state index < -0.39 is 0 Å². The van der Waals surface area contributed by atoms with Crippen LogP contribution < -0.4 is 4.74 Å². The largest absolute Gasteiger partial charge is 0.488 e. The molecule has 4 heteroatoms. The van der Waals surface area contributed by atoms with Crippen LogP contribution in [0.4, 0.5) is 4.39 Å². The molecule has 0 amide bonds. The molecule has 0 N–H and O–H groups in total. The maximum absolute atomic E-state index is 13.2. The number of hydrogen-bond donors (Lipinski definition) is 0. The Hall–Kier alpha value is -0.610. The lowest BCUT2D eigenvalue weighted by molar-refractivity contribution is -0.0166. The Kier molecular flexibility index (Phi) is 4.74. The number of hydrogen-bond acceptors (Lipinski definition) is 2. The van der Waals surface area contributed by atoms with Crippen LogP contribution in [0.5, 0.6) is 5.75 Å². The van der Waals surface area contributed by atoms with Crippen molar-refractivity contribution in [3.8, 4) is 5.75 Å². The molecule has 0 aliphatic rings. The van der Waals surface area contributed by atoms with Gasteiger partial charge in [0.25, 0.3) is 0 Å². The second-order valence-electron chi connectivity index (χ2n) is 4.38. The molecule has 0 saturated carbocycles. The number of halogens is 2.